The number of nitrogens with one attached hydrogen (secondary N) is 3. The molecule has 0 spiro atoms. The van der Waals surface area contributed by atoms with Gasteiger partial charge in [0.25, 0.3) is 0 Å². The first-order valence-corrected chi connectivity index (χ1v) is 7.16. The number of benzene rings is 1. The van der Waals surface area contributed by atoms with Crippen molar-refractivity contribution in [2.45, 2.75) is 12.5 Å². The summed E-state index contributed by atoms with van der Waals surface area (Å²) in [5, 5.41) is 12.6. The number of aromatic amines is 1. The standard InChI is InChI=1S/C15H14F2N4O/c16-9-1-7(2-10(17)4-9)12-5-13(21-20-12)19-15(22)14-11-3-8(11)6-18-14/h1-2,4-5,8,11,14,18H,3,6H2,(H2,19,20,21,22)/t8-,11-,14+/m0/s1. The largest absolute Gasteiger partial charge is 0.308 e. The fourth-order valence-corrected chi connectivity index (χ4v) is 3.08. The van der Waals surface area contributed by atoms with Gasteiger partial charge in [0.2, 0.25) is 5.91 Å². The van der Waals surface area contributed by atoms with Crippen LogP contribution in [-0.4, -0.2) is 28.7 Å². The van der Waals surface area contributed by atoms with Crippen LogP contribution in [0.25, 0.3) is 11.3 Å². The van der Waals surface area contributed by atoms with Crippen molar-refractivity contribution in [2.24, 2.45) is 11.8 Å². The van der Waals surface area contributed by atoms with Crippen LogP contribution in [-0.2, 0) is 4.79 Å². The smallest absolute Gasteiger partial charge is 0.243 e. The predicted octanol–water partition coefficient (Wildman–Crippen LogP) is 1.90. The Morgan fingerprint density at radius 1 is 1.23 bits per heavy atom. The van der Waals surface area contributed by atoms with Crippen LogP contribution in [0.1, 0.15) is 6.42 Å². The zero-order chi connectivity index (χ0) is 15.3. The number of amides is 1. The fourth-order valence-electron chi connectivity index (χ4n) is 3.08. The maximum atomic E-state index is 13.2. The molecule has 0 unspecified atom stereocenters. The molecule has 1 aliphatic heterocycles. The Hall–Kier alpha value is -2.28. The molecular weight excluding hydrogens is 290 g/mol. The van der Waals surface area contributed by atoms with Crippen LogP contribution in [0, 0.1) is 23.5 Å². The summed E-state index contributed by atoms with van der Waals surface area (Å²) in [5.74, 6) is -0.0456. The number of piperidine rings is 1. The molecule has 0 bridgehead atoms. The molecule has 22 heavy (non-hydrogen) atoms. The van der Waals surface area contributed by atoms with E-state index in [0.29, 0.717) is 28.9 Å². The van der Waals surface area contributed by atoms with Crippen molar-refractivity contribution in [2.75, 3.05) is 11.9 Å². The number of H-pyrrole nitrogens is 1. The minimum Gasteiger partial charge on any atom is -0.308 e. The number of anilines is 1. The number of halogens is 2. The van der Waals surface area contributed by atoms with E-state index in [1.807, 2.05) is 0 Å². The molecular formula is C15H14F2N4O. The Labute approximate surface area is 125 Å². The van der Waals surface area contributed by atoms with E-state index in [0.717, 1.165) is 19.0 Å². The van der Waals surface area contributed by atoms with Gasteiger partial charge < -0.3 is 10.6 Å². The maximum absolute atomic E-state index is 13.2. The van der Waals surface area contributed by atoms with Gasteiger partial charge in [0.1, 0.15) is 11.6 Å². The Morgan fingerprint density at radius 2 is 2.00 bits per heavy atom. The molecule has 1 saturated carbocycles. The van der Waals surface area contributed by atoms with Gasteiger partial charge in [-0.05, 0) is 36.9 Å². The number of hydrogen-bond donors (Lipinski definition) is 3. The Bertz CT molecular complexity index is 725. The lowest BCUT2D eigenvalue weighted by molar-refractivity contribution is -0.118. The van der Waals surface area contributed by atoms with Gasteiger partial charge in [-0.25, -0.2) is 8.78 Å². The molecule has 3 atom stereocenters. The Morgan fingerprint density at radius 3 is 2.64 bits per heavy atom. The second-order valence-electron chi connectivity index (χ2n) is 5.86. The minimum atomic E-state index is -0.662. The summed E-state index contributed by atoms with van der Waals surface area (Å²) in [6, 6.07) is 4.60. The van der Waals surface area contributed by atoms with Crippen LogP contribution < -0.4 is 10.6 Å². The summed E-state index contributed by atoms with van der Waals surface area (Å²) in [5.41, 5.74) is 0.782. The number of rotatable bonds is 3. The molecule has 4 rings (SSSR count). The number of fused-ring (bicyclic) bond motifs is 1. The number of aromatic nitrogens is 2. The highest BCUT2D eigenvalue weighted by molar-refractivity contribution is 5.95. The summed E-state index contributed by atoms with van der Waals surface area (Å²) in [4.78, 5) is 12.2. The molecule has 114 valence electrons. The second kappa shape index (κ2) is 4.88. The van der Waals surface area contributed by atoms with E-state index >= 15 is 0 Å². The van der Waals surface area contributed by atoms with Crippen LogP contribution in [0.15, 0.2) is 24.3 Å². The van der Waals surface area contributed by atoms with Crippen molar-refractivity contribution < 1.29 is 13.6 Å². The number of carbonyl (C=O) groups is 1. The van der Waals surface area contributed by atoms with Gasteiger partial charge in [0.15, 0.2) is 5.82 Å². The summed E-state index contributed by atoms with van der Waals surface area (Å²) in [6.07, 6.45) is 1.10. The molecule has 7 heteroatoms. The van der Waals surface area contributed by atoms with Crippen LogP contribution in [0.3, 0.4) is 0 Å². The molecule has 2 aliphatic rings. The van der Waals surface area contributed by atoms with E-state index in [1.165, 1.54) is 12.1 Å². The second-order valence-corrected chi connectivity index (χ2v) is 5.86. The van der Waals surface area contributed by atoms with E-state index in [4.69, 9.17) is 0 Å². The molecule has 0 radical (unpaired) electrons. The third-order valence-corrected chi connectivity index (χ3v) is 4.29. The van der Waals surface area contributed by atoms with Gasteiger partial charge in [0.05, 0.1) is 11.7 Å². The molecule has 3 N–H and O–H groups in total. The molecule has 1 amide bonds. The number of carbonyl (C=O) groups excluding carboxylic acids is 1. The minimum absolute atomic E-state index is 0.117. The fraction of sp³-hybridized carbons (Fsp3) is 0.333. The average Bonchev–Trinajstić information content (AvgIpc) is 2.91. The van der Waals surface area contributed by atoms with E-state index in [9.17, 15) is 13.6 Å². The summed E-state index contributed by atoms with van der Waals surface area (Å²) in [6.45, 7) is 0.886. The van der Waals surface area contributed by atoms with E-state index in [2.05, 4.69) is 20.8 Å². The van der Waals surface area contributed by atoms with Crippen molar-refractivity contribution in [3.63, 3.8) is 0 Å². The van der Waals surface area contributed by atoms with Gasteiger partial charge >= 0.3 is 0 Å². The van der Waals surface area contributed by atoms with E-state index in [1.54, 1.807) is 6.07 Å². The maximum Gasteiger partial charge on any atom is 0.243 e. The van der Waals surface area contributed by atoms with Crippen LogP contribution in [0.5, 0.6) is 0 Å². The van der Waals surface area contributed by atoms with Crippen molar-refractivity contribution in [3.05, 3.63) is 35.9 Å². The first-order chi connectivity index (χ1) is 10.6. The first kappa shape index (κ1) is 13.4. The zero-order valence-corrected chi connectivity index (χ0v) is 11.6. The lowest BCUT2D eigenvalue weighted by atomic mass is 10.1. The van der Waals surface area contributed by atoms with Crippen molar-refractivity contribution in [1.82, 2.24) is 15.5 Å². The normalized spacial score (nSPS) is 25.8. The molecule has 5 nitrogen and oxygen atoms in total. The van der Waals surface area contributed by atoms with Gasteiger partial charge in [-0.15, -0.1) is 0 Å². The molecule has 2 aromatic rings. The third kappa shape index (κ3) is 2.37. The van der Waals surface area contributed by atoms with Gasteiger partial charge in [-0.1, -0.05) is 0 Å². The van der Waals surface area contributed by atoms with E-state index in [-0.39, 0.29) is 11.9 Å². The van der Waals surface area contributed by atoms with Crippen LogP contribution in [0.4, 0.5) is 14.6 Å². The quantitative estimate of drug-likeness (QED) is 0.811. The molecule has 1 aromatic carbocycles. The molecule has 2 heterocycles. The predicted molar refractivity (Wildman–Crippen MR) is 76.0 cm³/mol. The van der Waals surface area contributed by atoms with Crippen LogP contribution in [0.2, 0.25) is 0 Å². The lowest BCUT2D eigenvalue weighted by Gasteiger charge is -2.11. The van der Waals surface area contributed by atoms with Crippen LogP contribution >= 0.6 is 0 Å². The summed E-state index contributed by atoms with van der Waals surface area (Å²) in [7, 11) is 0. The summed E-state index contributed by atoms with van der Waals surface area (Å²) < 4.78 is 26.5. The van der Waals surface area contributed by atoms with Crippen molar-refractivity contribution >= 4 is 11.7 Å². The Kier molecular flexibility index (Phi) is 2.97. The SMILES string of the molecule is O=C(Nc1cc(-c2cc(F)cc(F)c2)[nH]n1)[C@@H]1NC[C@@H]2C[C@@H]21. The average molecular weight is 304 g/mol. The van der Waals surface area contributed by atoms with E-state index < -0.39 is 11.6 Å². The first-order valence-electron chi connectivity index (χ1n) is 7.16. The highest BCUT2D eigenvalue weighted by Gasteiger charge is 2.50. The zero-order valence-electron chi connectivity index (χ0n) is 11.6. The van der Waals surface area contributed by atoms with Crippen molar-refractivity contribution in [3.8, 4) is 11.3 Å². The molecule has 1 saturated heterocycles. The third-order valence-electron chi connectivity index (χ3n) is 4.29. The topological polar surface area (TPSA) is 69.8 Å². The highest BCUT2D eigenvalue weighted by atomic mass is 19.1. The number of hydrogen-bond acceptors (Lipinski definition) is 3. The molecule has 1 aliphatic carbocycles. The highest BCUT2D eigenvalue weighted by Crippen LogP contribution is 2.45. The number of nitrogens with zero attached hydrogens (tertiary/aromatic N) is 1. The summed E-state index contributed by atoms with van der Waals surface area (Å²) >= 11 is 0. The van der Waals surface area contributed by atoms with Crippen molar-refractivity contribution in [1.29, 1.82) is 0 Å². The van der Waals surface area contributed by atoms with Gasteiger partial charge in [-0.3, -0.25) is 9.89 Å². The Balaban J connectivity index is 1.50. The monoisotopic (exact) mass is 304 g/mol. The molecule has 1 aromatic heterocycles. The molecule has 2 fully saturated rings. The van der Waals surface area contributed by atoms with Gasteiger partial charge in [0, 0.05) is 17.7 Å². The van der Waals surface area contributed by atoms with Gasteiger partial charge in [-0.2, -0.15) is 5.10 Å². The lowest BCUT2D eigenvalue weighted by Crippen LogP contribution is -2.38.